The molecule has 10 nitrogen and oxygen atoms in total. The Balaban J connectivity index is 1.85. The van der Waals surface area contributed by atoms with E-state index in [4.69, 9.17) is 0 Å². The summed E-state index contributed by atoms with van der Waals surface area (Å²) in [6, 6.07) is -0.541. The fourth-order valence-electron chi connectivity index (χ4n) is 3.06. The van der Waals surface area contributed by atoms with Crippen LogP contribution < -0.4 is 0 Å². The van der Waals surface area contributed by atoms with E-state index in [1.165, 1.54) is 4.68 Å². The van der Waals surface area contributed by atoms with Gasteiger partial charge in [0.05, 0.1) is 23.7 Å². The van der Waals surface area contributed by atoms with Gasteiger partial charge in [0.2, 0.25) is 5.91 Å². The zero-order valence-electron chi connectivity index (χ0n) is 15.1. The second kappa shape index (κ2) is 7.14. The number of sulfone groups is 1. The number of aromatic nitrogens is 6. The van der Waals surface area contributed by atoms with Crippen LogP contribution in [0.3, 0.4) is 0 Å². The largest absolute Gasteiger partial charge is 0.332 e. The Morgan fingerprint density at radius 1 is 1.38 bits per heavy atom. The average Bonchev–Trinajstić information content (AvgIpc) is 3.22. The molecule has 1 atom stereocenters. The minimum absolute atomic E-state index is 0.0149. The number of hydrogen-bond acceptors (Lipinski definition) is 7. The van der Waals surface area contributed by atoms with Gasteiger partial charge in [-0.15, -0.1) is 5.10 Å². The topological polar surface area (TPSA) is 116 Å². The van der Waals surface area contributed by atoms with Crippen LogP contribution in [0.2, 0.25) is 0 Å². The van der Waals surface area contributed by atoms with Crippen molar-refractivity contribution in [1.82, 2.24) is 34.9 Å². The first kappa shape index (κ1) is 18.5. The van der Waals surface area contributed by atoms with Crippen LogP contribution in [0.4, 0.5) is 0 Å². The first-order chi connectivity index (χ1) is 12.3. The van der Waals surface area contributed by atoms with Gasteiger partial charge < -0.3 is 4.90 Å². The van der Waals surface area contributed by atoms with Gasteiger partial charge in [0, 0.05) is 30.8 Å². The van der Waals surface area contributed by atoms with Crippen molar-refractivity contribution in [2.75, 3.05) is 18.1 Å². The molecule has 0 radical (unpaired) electrons. The molecule has 1 fully saturated rings. The van der Waals surface area contributed by atoms with Crippen molar-refractivity contribution >= 4 is 15.7 Å². The van der Waals surface area contributed by atoms with E-state index in [0.717, 1.165) is 5.56 Å². The van der Waals surface area contributed by atoms with Gasteiger partial charge >= 0.3 is 0 Å². The molecular weight excluding hydrogens is 358 g/mol. The van der Waals surface area contributed by atoms with Crippen molar-refractivity contribution in [3.8, 4) is 0 Å². The molecule has 3 rings (SSSR count). The standard InChI is InChI=1S/C15H23N7O3S/c1-4-20-8-12(7-16-20)13-10-26(24,25)6-5-21(13)14(23)9-22-15(11(2)3)17-18-19-22/h7-8,11,13H,4-6,9-10H2,1-3H3. The molecule has 2 aromatic rings. The Bertz CT molecular complexity index is 887. The second-order valence-electron chi connectivity index (χ2n) is 6.70. The van der Waals surface area contributed by atoms with Crippen LogP contribution in [0.15, 0.2) is 12.4 Å². The van der Waals surface area contributed by atoms with Crippen LogP contribution in [-0.4, -0.2) is 67.3 Å². The number of hydrogen-bond donors (Lipinski definition) is 0. The Kier molecular flexibility index (Phi) is 5.08. The molecule has 0 aliphatic carbocycles. The fraction of sp³-hybridized carbons (Fsp3) is 0.667. The molecule has 11 heteroatoms. The lowest BCUT2D eigenvalue weighted by atomic mass is 10.1. The molecule has 0 bridgehead atoms. The predicted molar refractivity (Wildman–Crippen MR) is 92.9 cm³/mol. The van der Waals surface area contributed by atoms with Crippen LogP contribution >= 0.6 is 0 Å². The van der Waals surface area contributed by atoms with E-state index in [1.807, 2.05) is 20.8 Å². The number of carbonyl (C=O) groups excluding carboxylic acids is 1. The average molecular weight is 381 g/mol. The van der Waals surface area contributed by atoms with Crippen molar-refractivity contribution in [3.63, 3.8) is 0 Å². The van der Waals surface area contributed by atoms with E-state index >= 15 is 0 Å². The third-order valence-corrected chi connectivity index (χ3v) is 6.10. The molecule has 1 aliphatic heterocycles. The Hall–Kier alpha value is -2.30. The highest BCUT2D eigenvalue weighted by atomic mass is 32.2. The molecule has 0 N–H and O–H groups in total. The van der Waals surface area contributed by atoms with Gasteiger partial charge in [-0.25, -0.2) is 13.1 Å². The minimum Gasteiger partial charge on any atom is -0.332 e. The summed E-state index contributed by atoms with van der Waals surface area (Å²) in [5.74, 6) is 0.365. The quantitative estimate of drug-likeness (QED) is 0.716. The third-order valence-electron chi connectivity index (χ3n) is 4.47. The SMILES string of the molecule is CCn1cc(C2CS(=O)(=O)CCN2C(=O)Cn2nnnc2C(C)C)cn1. The number of nitrogens with zero attached hydrogens (tertiary/aromatic N) is 7. The van der Waals surface area contributed by atoms with Crippen molar-refractivity contribution in [2.24, 2.45) is 0 Å². The van der Waals surface area contributed by atoms with E-state index < -0.39 is 15.9 Å². The van der Waals surface area contributed by atoms with Gasteiger partial charge in [-0.2, -0.15) is 5.10 Å². The normalized spacial score (nSPS) is 19.8. The van der Waals surface area contributed by atoms with E-state index in [2.05, 4.69) is 20.6 Å². The molecule has 0 spiro atoms. The number of rotatable bonds is 5. The zero-order valence-corrected chi connectivity index (χ0v) is 15.9. The summed E-state index contributed by atoms with van der Waals surface area (Å²) in [7, 11) is -3.21. The minimum atomic E-state index is -3.21. The van der Waals surface area contributed by atoms with E-state index in [0.29, 0.717) is 12.4 Å². The summed E-state index contributed by atoms with van der Waals surface area (Å²) in [5.41, 5.74) is 0.726. The Labute approximate surface area is 152 Å². The second-order valence-corrected chi connectivity index (χ2v) is 8.92. The highest BCUT2D eigenvalue weighted by Gasteiger charge is 2.36. The first-order valence-corrected chi connectivity index (χ1v) is 10.4. The number of amides is 1. The van der Waals surface area contributed by atoms with Gasteiger partial charge in [0.15, 0.2) is 15.7 Å². The molecule has 1 unspecified atom stereocenters. The molecule has 26 heavy (non-hydrogen) atoms. The van der Waals surface area contributed by atoms with Gasteiger partial charge in [-0.3, -0.25) is 9.48 Å². The summed E-state index contributed by atoms with van der Waals surface area (Å²) < 4.78 is 27.5. The van der Waals surface area contributed by atoms with Gasteiger partial charge in [-0.1, -0.05) is 13.8 Å². The summed E-state index contributed by atoms with van der Waals surface area (Å²) in [6.07, 6.45) is 3.42. The maximum atomic E-state index is 12.9. The summed E-state index contributed by atoms with van der Waals surface area (Å²) in [5, 5.41) is 15.7. The number of aryl methyl sites for hydroxylation is 1. The van der Waals surface area contributed by atoms with Gasteiger partial charge in [0.1, 0.15) is 6.54 Å². The lowest BCUT2D eigenvalue weighted by Crippen LogP contribution is -2.47. The highest BCUT2D eigenvalue weighted by molar-refractivity contribution is 7.91. The monoisotopic (exact) mass is 381 g/mol. The molecule has 2 aromatic heterocycles. The maximum absolute atomic E-state index is 12.9. The molecule has 1 amide bonds. The van der Waals surface area contributed by atoms with E-state index in [1.54, 1.807) is 22.0 Å². The predicted octanol–water partition coefficient (Wildman–Crippen LogP) is 0.0112. The van der Waals surface area contributed by atoms with Crippen molar-refractivity contribution < 1.29 is 13.2 Å². The first-order valence-electron chi connectivity index (χ1n) is 8.59. The summed E-state index contributed by atoms with van der Waals surface area (Å²) in [4.78, 5) is 14.5. The van der Waals surface area contributed by atoms with Crippen molar-refractivity contribution in [3.05, 3.63) is 23.8 Å². The molecule has 142 valence electrons. The molecule has 3 heterocycles. The van der Waals surface area contributed by atoms with E-state index in [-0.39, 0.29) is 36.4 Å². The van der Waals surface area contributed by atoms with Gasteiger partial charge in [0.25, 0.3) is 0 Å². The number of carbonyl (C=O) groups is 1. The molecule has 1 saturated heterocycles. The van der Waals surface area contributed by atoms with Crippen LogP contribution in [0, 0.1) is 0 Å². The highest BCUT2D eigenvalue weighted by Crippen LogP contribution is 2.27. The summed E-state index contributed by atoms with van der Waals surface area (Å²) in [6.45, 7) is 6.66. The Morgan fingerprint density at radius 3 is 2.81 bits per heavy atom. The van der Waals surface area contributed by atoms with Crippen LogP contribution in [0.25, 0.3) is 0 Å². The third kappa shape index (κ3) is 3.76. The summed E-state index contributed by atoms with van der Waals surface area (Å²) >= 11 is 0. The number of tetrazole rings is 1. The maximum Gasteiger partial charge on any atom is 0.245 e. The van der Waals surface area contributed by atoms with Crippen molar-refractivity contribution in [2.45, 2.75) is 45.8 Å². The molecule has 0 aromatic carbocycles. The lowest BCUT2D eigenvalue weighted by molar-refractivity contribution is -0.134. The van der Waals surface area contributed by atoms with Gasteiger partial charge in [-0.05, 0) is 17.4 Å². The molecule has 0 saturated carbocycles. The Morgan fingerprint density at radius 2 is 2.15 bits per heavy atom. The van der Waals surface area contributed by atoms with Crippen LogP contribution in [-0.2, 0) is 27.7 Å². The fourth-order valence-corrected chi connectivity index (χ4v) is 4.56. The van der Waals surface area contributed by atoms with Crippen LogP contribution in [0.5, 0.6) is 0 Å². The van der Waals surface area contributed by atoms with Crippen LogP contribution in [0.1, 0.15) is 44.1 Å². The molecular formula is C15H23N7O3S. The van der Waals surface area contributed by atoms with Crippen molar-refractivity contribution in [1.29, 1.82) is 0 Å². The molecule has 1 aliphatic rings. The lowest BCUT2D eigenvalue weighted by Gasteiger charge is -2.35. The van der Waals surface area contributed by atoms with E-state index in [9.17, 15) is 13.2 Å². The smallest absolute Gasteiger partial charge is 0.245 e. The zero-order chi connectivity index (χ0) is 18.9.